The van der Waals surface area contributed by atoms with E-state index in [1.165, 1.54) is 23.5 Å². The van der Waals surface area contributed by atoms with Crippen molar-refractivity contribution in [3.63, 3.8) is 0 Å². The normalized spacial score (nSPS) is 11.1. The van der Waals surface area contributed by atoms with Gasteiger partial charge < -0.3 is 10.1 Å². The number of rotatable bonds is 7. The summed E-state index contributed by atoms with van der Waals surface area (Å²) in [7, 11) is 0. The topological polar surface area (TPSA) is 51.2 Å². The zero-order valence-electron chi connectivity index (χ0n) is 15.2. The van der Waals surface area contributed by atoms with Gasteiger partial charge in [-0.1, -0.05) is 30.3 Å². The van der Waals surface area contributed by atoms with Gasteiger partial charge in [-0.05, 0) is 29.8 Å². The van der Waals surface area contributed by atoms with Crippen LogP contribution >= 0.6 is 11.3 Å². The minimum Gasteiger partial charge on any atom is -0.489 e. The second-order valence-electron chi connectivity index (χ2n) is 6.05. The second-order valence-corrected chi connectivity index (χ2v) is 6.91. The first-order chi connectivity index (χ1) is 13.9. The van der Waals surface area contributed by atoms with E-state index in [-0.39, 0.29) is 12.5 Å². The van der Waals surface area contributed by atoms with Crippen molar-refractivity contribution in [2.24, 2.45) is 0 Å². The van der Waals surface area contributed by atoms with E-state index in [1.54, 1.807) is 29.7 Å². The third-order valence-electron chi connectivity index (χ3n) is 3.91. The molecule has 8 heteroatoms. The lowest BCUT2D eigenvalue weighted by Crippen LogP contribution is -2.23. The number of alkyl halides is 3. The Bertz CT molecular complexity index is 998. The summed E-state index contributed by atoms with van der Waals surface area (Å²) in [5, 5.41) is 5.00. The lowest BCUT2D eigenvalue weighted by molar-refractivity contribution is -0.137. The van der Waals surface area contributed by atoms with Crippen LogP contribution in [0.5, 0.6) is 5.75 Å². The van der Waals surface area contributed by atoms with Crippen LogP contribution in [-0.2, 0) is 12.8 Å². The minimum absolute atomic E-state index is 0.134. The highest BCUT2D eigenvalue weighted by molar-refractivity contribution is 7.13. The van der Waals surface area contributed by atoms with E-state index in [0.717, 1.165) is 17.7 Å². The van der Waals surface area contributed by atoms with Gasteiger partial charge in [0, 0.05) is 17.5 Å². The van der Waals surface area contributed by atoms with Crippen molar-refractivity contribution in [3.8, 4) is 16.3 Å². The van der Waals surface area contributed by atoms with E-state index in [2.05, 4.69) is 16.9 Å². The summed E-state index contributed by atoms with van der Waals surface area (Å²) in [6, 6.07) is 12.0. The van der Waals surface area contributed by atoms with Crippen molar-refractivity contribution >= 4 is 17.2 Å². The van der Waals surface area contributed by atoms with Crippen LogP contribution in [0.15, 0.2) is 66.6 Å². The number of hydrogen-bond donors (Lipinski definition) is 1. The van der Waals surface area contributed by atoms with Crippen molar-refractivity contribution in [3.05, 3.63) is 83.4 Å². The Hall–Kier alpha value is -3.13. The number of halogens is 3. The molecule has 4 nitrogen and oxygen atoms in total. The Morgan fingerprint density at radius 3 is 2.66 bits per heavy atom. The fraction of sp³-hybridized carbons (Fsp3) is 0.143. The number of thiazole rings is 1. The third-order valence-corrected chi connectivity index (χ3v) is 4.80. The van der Waals surface area contributed by atoms with Crippen LogP contribution in [0.2, 0.25) is 0 Å². The molecule has 0 atom stereocenters. The maximum absolute atomic E-state index is 12.6. The summed E-state index contributed by atoms with van der Waals surface area (Å²) < 4.78 is 43.6. The number of carbonyl (C=O) groups excluding carboxylic acids is 1. The van der Waals surface area contributed by atoms with Crippen LogP contribution in [0.3, 0.4) is 0 Å². The van der Waals surface area contributed by atoms with E-state index in [0.29, 0.717) is 28.6 Å². The summed E-state index contributed by atoms with van der Waals surface area (Å²) in [4.78, 5) is 16.3. The highest BCUT2D eigenvalue weighted by atomic mass is 32.1. The number of aromatic nitrogens is 1. The van der Waals surface area contributed by atoms with Gasteiger partial charge in [0.2, 0.25) is 0 Å². The highest BCUT2D eigenvalue weighted by Gasteiger charge is 2.29. The zero-order valence-corrected chi connectivity index (χ0v) is 16.0. The molecular weight excluding hydrogens is 401 g/mol. The van der Waals surface area contributed by atoms with Gasteiger partial charge in [-0.15, -0.1) is 17.9 Å². The largest absolute Gasteiger partial charge is 0.489 e. The molecule has 3 aromatic rings. The molecule has 150 valence electrons. The fourth-order valence-corrected chi connectivity index (χ4v) is 3.24. The molecule has 0 aliphatic heterocycles. The molecule has 0 fully saturated rings. The van der Waals surface area contributed by atoms with Gasteiger partial charge >= 0.3 is 6.18 Å². The lowest BCUT2D eigenvalue weighted by atomic mass is 10.1. The maximum atomic E-state index is 12.6. The lowest BCUT2D eigenvalue weighted by Gasteiger charge is -2.09. The molecule has 0 unspecified atom stereocenters. The van der Waals surface area contributed by atoms with Crippen LogP contribution in [-0.4, -0.2) is 17.4 Å². The standard InChI is InChI=1S/C21H17F3N2O2S/c1-2-10-25-19(27)18-13-29-20(26-18)15-4-3-5-17(11-15)28-12-14-6-8-16(9-7-14)21(22,23)24/h2-9,11,13H,1,10,12H2,(H,25,27). The van der Waals surface area contributed by atoms with E-state index < -0.39 is 11.7 Å². The van der Waals surface area contributed by atoms with Crippen molar-refractivity contribution in [2.45, 2.75) is 12.8 Å². The van der Waals surface area contributed by atoms with Crippen molar-refractivity contribution in [1.82, 2.24) is 10.3 Å². The number of amides is 1. The third kappa shape index (κ3) is 5.45. The molecule has 1 heterocycles. The van der Waals surface area contributed by atoms with Crippen LogP contribution in [0.1, 0.15) is 21.6 Å². The van der Waals surface area contributed by atoms with Gasteiger partial charge in [0.25, 0.3) is 5.91 Å². The number of benzene rings is 2. The molecule has 2 aromatic carbocycles. The molecule has 0 saturated carbocycles. The van der Waals surface area contributed by atoms with Crippen LogP contribution in [0.4, 0.5) is 13.2 Å². The van der Waals surface area contributed by atoms with Crippen LogP contribution < -0.4 is 10.1 Å². The minimum atomic E-state index is -4.36. The molecule has 1 amide bonds. The number of carbonyl (C=O) groups is 1. The molecule has 0 bridgehead atoms. The van der Waals surface area contributed by atoms with Gasteiger partial charge in [0.15, 0.2) is 0 Å². The van der Waals surface area contributed by atoms with E-state index in [9.17, 15) is 18.0 Å². The fourth-order valence-electron chi connectivity index (χ4n) is 2.44. The monoisotopic (exact) mass is 418 g/mol. The summed E-state index contributed by atoms with van der Waals surface area (Å²) in [5.74, 6) is 0.275. The summed E-state index contributed by atoms with van der Waals surface area (Å²) in [5.41, 5.74) is 1.03. The van der Waals surface area contributed by atoms with E-state index >= 15 is 0 Å². The Kier molecular flexibility index (Phi) is 6.33. The molecule has 1 aromatic heterocycles. The first-order valence-electron chi connectivity index (χ1n) is 8.61. The van der Waals surface area contributed by atoms with Crippen molar-refractivity contribution < 1.29 is 22.7 Å². The number of hydrogen-bond acceptors (Lipinski definition) is 4. The molecule has 0 radical (unpaired) electrons. The molecule has 0 spiro atoms. The van der Waals surface area contributed by atoms with Crippen LogP contribution in [0, 0.1) is 0 Å². The molecule has 0 aliphatic rings. The van der Waals surface area contributed by atoms with Gasteiger partial charge in [-0.25, -0.2) is 4.98 Å². The molecular formula is C21H17F3N2O2S. The van der Waals surface area contributed by atoms with Gasteiger partial charge in [-0.2, -0.15) is 13.2 Å². The average molecular weight is 418 g/mol. The Labute approximate surface area is 169 Å². The predicted octanol–water partition coefficient (Wildman–Crippen LogP) is 5.32. The van der Waals surface area contributed by atoms with E-state index in [4.69, 9.17) is 4.74 Å². The molecule has 0 aliphatic carbocycles. The Morgan fingerprint density at radius 2 is 1.97 bits per heavy atom. The average Bonchev–Trinajstić information content (AvgIpc) is 3.21. The highest BCUT2D eigenvalue weighted by Crippen LogP contribution is 2.30. The van der Waals surface area contributed by atoms with Gasteiger partial charge in [0.05, 0.1) is 5.56 Å². The molecule has 1 N–H and O–H groups in total. The molecule has 29 heavy (non-hydrogen) atoms. The van der Waals surface area contributed by atoms with E-state index in [1.807, 2.05) is 6.07 Å². The van der Waals surface area contributed by atoms with Crippen LogP contribution in [0.25, 0.3) is 10.6 Å². The second kappa shape index (κ2) is 8.91. The SMILES string of the molecule is C=CCNC(=O)c1csc(-c2cccc(OCc3ccc(C(F)(F)F)cc3)c2)n1. The maximum Gasteiger partial charge on any atom is 0.416 e. The number of nitrogens with zero attached hydrogens (tertiary/aromatic N) is 1. The Balaban J connectivity index is 1.66. The molecule has 3 rings (SSSR count). The summed E-state index contributed by atoms with van der Waals surface area (Å²) >= 11 is 1.33. The first kappa shape index (κ1) is 20.6. The quantitative estimate of drug-likeness (QED) is 0.528. The summed E-state index contributed by atoms with van der Waals surface area (Å²) in [6.07, 6.45) is -2.77. The first-order valence-corrected chi connectivity index (χ1v) is 9.49. The van der Waals surface area contributed by atoms with Gasteiger partial charge in [-0.3, -0.25) is 4.79 Å². The smallest absolute Gasteiger partial charge is 0.416 e. The predicted molar refractivity (Wildman–Crippen MR) is 106 cm³/mol. The number of nitrogens with one attached hydrogen (secondary N) is 1. The van der Waals surface area contributed by atoms with Gasteiger partial charge in [0.1, 0.15) is 23.1 Å². The summed E-state index contributed by atoms with van der Waals surface area (Å²) in [6.45, 7) is 4.04. The molecule has 0 saturated heterocycles. The Morgan fingerprint density at radius 1 is 1.21 bits per heavy atom. The van der Waals surface area contributed by atoms with Crippen molar-refractivity contribution in [2.75, 3.05) is 6.54 Å². The zero-order chi connectivity index (χ0) is 20.9. The number of ether oxygens (including phenoxy) is 1. The van der Waals surface area contributed by atoms with Crippen molar-refractivity contribution in [1.29, 1.82) is 0 Å².